The summed E-state index contributed by atoms with van der Waals surface area (Å²) in [5, 5.41) is 0. The van der Waals surface area contributed by atoms with Gasteiger partial charge in [-0.15, -0.1) is 0 Å². The molecule has 0 aliphatic carbocycles. The summed E-state index contributed by atoms with van der Waals surface area (Å²) >= 11 is 0. The van der Waals surface area contributed by atoms with Crippen LogP contribution in [0.25, 0.3) is 0 Å². The van der Waals surface area contributed by atoms with Gasteiger partial charge in [0.15, 0.2) is 0 Å². The number of nitrogens with one attached hydrogen (secondary N) is 2. The van der Waals surface area contributed by atoms with Crippen LogP contribution in [0.1, 0.15) is 25.7 Å². The van der Waals surface area contributed by atoms with Crippen LogP contribution < -0.4 is 9.44 Å². The summed E-state index contributed by atoms with van der Waals surface area (Å²) in [5.41, 5.74) is 0. The van der Waals surface area contributed by atoms with E-state index in [0.717, 1.165) is 34.3 Å². The fraction of sp³-hybridized carbons (Fsp3) is 1.00. The molecule has 0 bridgehead atoms. The Labute approximate surface area is 122 Å². The Bertz CT molecular complexity index is 416. The third kappa shape index (κ3) is 8.12. The number of rotatable bonds is 11. The van der Waals surface area contributed by atoms with Crippen LogP contribution in [0.3, 0.4) is 0 Å². The van der Waals surface area contributed by atoms with Crippen molar-refractivity contribution in [2.45, 2.75) is 25.7 Å². The molecule has 0 spiro atoms. The van der Waals surface area contributed by atoms with Crippen LogP contribution in [0, 0.1) is 0 Å². The maximum atomic E-state index is 11.4. The minimum Gasteiger partial charge on any atom is -0.202 e. The Hall–Kier alpha value is -0.260. The van der Waals surface area contributed by atoms with E-state index in [-0.39, 0.29) is 0 Å². The minimum absolute atomic E-state index is 0.393. The largest absolute Gasteiger partial charge is 0.278 e. The van der Waals surface area contributed by atoms with Crippen molar-refractivity contribution in [3.8, 4) is 0 Å². The van der Waals surface area contributed by atoms with E-state index in [4.69, 9.17) is 0 Å². The molecule has 0 saturated carbocycles. The molecule has 20 heavy (non-hydrogen) atoms. The highest BCUT2D eigenvalue weighted by molar-refractivity contribution is 7.87. The number of nitrogens with zero attached hydrogens (tertiary/aromatic N) is 2. The fourth-order valence-electron chi connectivity index (χ4n) is 1.26. The Morgan fingerprint density at radius 2 is 0.950 bits per heavy atom. The molecule has 0 amide bonds. The zero-order valence-electron chi connectivity index (χ0n) is 12.6. The molecule has 0 aromatic carbocycles. The second-order valence-electron chi connectivity index (χ2n) is 4.78. The first-order chi connectivity index (χ1) is 9.09. The van der Waals surface area contributed by atoms with Gasteiger partial charge in [-0.3, -0.25) is 0 Å². The normalized spacial score (nSPS) is 13.3. The summed E-state index contributed by atoms with van der Waals surface area (Å²) < 4.78 is 52.7. The van der Waals surface area contributed by atoms with Gasteiger partial charge in [0.2, 0.25) is 0 Å². The molecule has 0 atom stereocenters. The van der Waals surface area contributed by atoms with Crippen LogP contribution in [-0.2, 0) is 20.4 Å². The number of unbranched alkanes of at least 4 members (excludes halogenated alkanes) is 3. The molecule has 0 aromatic rings. The Morgan fingerprint density at radius 1 is 0.650 bits per heavy atom. The van der Waals surface area contributed by atoms with Crippen molar-refractivity contribution in [2.75, 3.05) is 41.3 Å². The van der Waals surface area contributed by atoms with Gasteiger partial charge in [-0.2, -0.15) is 25.4 Å². The SMILES string of the molecule is CN(C)S(=O)(=O)NCCCCCCNS(=O)(=O)N(C)C. The molecule has 2 N–H and O–H groups in total. The smallest absolute Gasteiger partial charge is 0.202 e. The molecule has 0 heterocycles. The highest BCUT2D eigenvalue weighted by atomic mass is 32.2. The molecule has 0 unspecified atom stereocenters. The van der Waals surface area contributed by atoms with E-state index in [1.807, 2.05) is 0 Å². The van der Waals surface area contributed by atoms with Gasteiger partial charge in [-0.1, -0.05) is 12.8 Å². The van der Waals surface area contributed by atoms with E-state index in [0.29, 0.717) is 13.1 Å². The lowest BCUT2D eigenvalue weighted by Crippen LogP contribution is -2.36. The van der Waals surface area contributed by atoms with Crippen molar-refractivity contribution in [1.29, 1.82) is 0 Å². The first-order valence-corrected chi connectivity index (χ1v) is 9.32. The van der Waals surface area contributed by atoms with E-state index >= 15 is 0 Å². The first kappa shape index (κ1) is 19.7. The molecule has 0 saturated heterocycles. The molecule has 122 valence electrons. The topological polar surface area (TPSA) is 98.8 Å². The zero-order chi connectivity index (χ0) is 15.8. The molecule has 0 aromatic heterocycles. The standard InChI is InChI=1S/C10H26N4O4S2/c1-13(2)19(15,16)11-9-7-5-6-8-10-12-20(17,18)14(3)4/h11-12H,5-10H2,1-4H3. The molecule has 0 rings (SSSR count). The third-order valence-electron chi connectivity index (χ3n) is 2.63. The monoisotopic (exact) mass is 330 g/mol. The van der Waals surface area contributed by atoms with E-state index in [9.17, 15) is 16.8 Å². The second kappa shape index (κ2) is 8.90. The predicted octanol–water partition coefficient (Wildman–Crippen LogP) is -0.661. The highest BCUT2D eigenvalue weighted by Gasteiger charge is 2.12. The van der Waals surface area contributed by atoms with Gasteiger partial charge < -0.3 is 0 Å². The van der Waals surface area contributed by atoms with E-state index in [2.05, 4.69) is 9.44 Å². The van der Waals surface area contributed by atoms with Crippen molar-refractivity contribution in [3.05, 3.63) is 0 Å². The summed E-state index contributed by atoms with van der Waals surface area (Å²) in [5.74, 6) is 0. The summed E-state index contributed by atoms with van der Waals surface area (Å²) in [6.45, 7) is 0.786. The van der Waals surface area contributed by atoms with Gasteiger partial charge in [0.25, 0.3) is 20.4 Å². The van der Waals surface area contributed by atoms with Gasteiger partial charge in [0.1, 0.15) is 0 Å². The lowest BCUT2D eigenvalue weighted by Gasteiger charge is -2.13. The fourth-order valence-corrected chi connectivity index (χ4v) is 2.59. The average Bonchev–Trinajstić information content (AvgIpc) is 2.31. The maximum Gasteiger partial charge on any atom is 0.278 e. The van der Waals surface area contributed by atoms with Gasteiger partial charge in [-0.25, -0.2) is 9.44 Å². The molecule has 0 radical (unpaired) electrons. The summed E-state index contributed by atoms with van der Waals surface area (Å²) in [7, 11) is -0.791. The van der Waals surface area contributed by atoms with Crippen LogP contribution >= 0.6 is 0 Å². The summed E-state index contributed by atoms with van der Waals surface area (Å²) in [6, 6.07) is 0. The van der Waals surface area contributed by atoms with Crippen molar-refractivity contribution >= 4 is 20.4 Å². The molecule has 0 aliphatic heterocycles. The van der Waals surface area contributed by atoms with Crippen molar-refractivity contribution in [1.82, 2.24) is 18.1 Å². The molecule has 8 nitrogen and oxygen atoms in total. The van der Waals surface area contributed by atoms with Gasteiger partial charge in [0, 0.05) is 41.3 Å². The summed E-state index contributed by atoms with van der Waals surface area (Å²) in [6.07, 6.45) is 3.15. The van der Waals surface area contributed by atoms with Crippen molar-refractivity contribution in [2.24, 2.45) is 0 Å². The molecular formula is C10H26N4O4S2. The van der Waals surface area contributed by atoms with Gasteiger partial charge in [-0.05, 0) is 12.8 Å². The number of hydrogen-bond acceptors (Lipinski definition) is 4. The molecule has 0 fully saturated rings. The quantitative estimate of drug-likeness (QED) is 0.491. The highest BCUT2D eigenvalue weighted by Crippen LogP contribution is 2.00. The zero-order valence-corrected chi connectivity index (χ0v) is 14.2. The molecule has 10 heteroatoms. The van der Waals surface area contributed by atoms with Crippen LogP contribution in [0.15, 0.2) is 0 Å². The van der Waals surface area contributed by atoms with Gasteiger partial charge >= 0.3 is 0 Å². The Balaban J connectivity index is 3.61. The van der Waals surface area contributed by atoms with Crippen molar-refractivity contribution < 1.29 is 16.8 Å². The van der Waals surface area contributed by atoms with Crippen LogP contribution in [0.5, 0.6) is 0 Å². The third-order valence-corrected chi connectivity index (χ3v) is 5.69. The number of hydrogen-bond donors (Lipinski definition) is 2. The predicted molar refractivity (Wildman–Crippen MR) is 79.7 cm³/mol. The van der Waals surface area contributed by atoms with Gasteiger partial charge in [0.05, 0.1) is 0 Å². The van der Waals surface area contributed by atoms with Crippen molar-refractivity contribution in [3.63, 3.8) is 0 Å². The van der Waals surface area contributed by atoms with E-state index in [1.54, 1.807) is 0 Å². The molecule has 0 aliphatic rings. The van der Waals surface area contributed by atoms with Crippen LogP contribution in [0.4, 0.5) is 0 Å². The average molecular weight is 330 g/mol. The lowest BCUT2D eigenvalue weighted by molar-refractivity contribution is 0.496. The lowest BCUT2D eigenvalue weighted by atomic mass is 10.2. The van der Waals surface area contributed by atoms with Crippen LogP contribution in [-0.4, -0.2) is 66.7 Å². The second-order valence-corrected chi connectivity index (χ2v) is 8.72. The van der Waals surface area contributed by atoms with E-state index in [1.165, 1.54) is 28.2 Å². The molecular weight excluding hydrogens is 304 g/mol. The van der Waals surface area contributed by atoms with Crippen LogP contribution in [0.2, 0.25) is 0 Å². The summed E-state index contributed by atoms with van der Waals surface area (Å²) in [4.78, 5) is 0. The van der Waals surface area contributed by atoms with E-state index < -0.39 is 20.4 Å². The Morgan fingerprint density at radius 3 is 1.20 bits per heavy atom. The first-order valence-electron chi connectivity index (χ1n) is 6.44. The Kier molecular flexibility index (Phi) is 8.79. The maximum absolute atomic E-state index is 11.4. The minimum atomic E-state index is -3.34.